The van der Waals surface area contributed by atoms with Crippen LogP contribution in [-0.4, -0.2) is 32.4 Å². The van der Waals surface area contributed by atoms with Crippen molar-refractivity contribution in [2.24, 2.45) is 11.8 Å². The number of hydrogen-bond acceptors (Lipinski definition) is 2. The lowest BCUT2D eigenvalue weighted by atomic mass is 9.72. The molecule has 1 aliphatic rings. The van der Waals surface area contributed by atoms with E-state index in [4.69, 9.17) is 9.47 Å². The fourth-order valence-corrected chi connectivity index (χ4v) is 2.26. The molecule has 0 aliphatic heterocycles. The van der Waals surface area contributed by atoms with Gasteiger partial charge >= 0.3 is 0 Å². The van der Waals surface area contributed by atoms with Gasteiger partial charge in [-0.15, -0.1) is 0 Å². The van der Waals surface area contributed by atoms with Gasteiger partial charge in [-0.25, -0.2) is 8.78 Å². The second-order valence-electron chi connectivity index (χ2n) is 5.25. The topological polar surface area (TPSA) is 18.5 Å². The van der Waals surface area contributed by atoms with Gasteiger partial charge in [0.2, 0.25) is 5.92 Å². The monoisotopic (exact) mass is 250 g/mol. The Morgan fingerprint density at radius 1 is 1.18 bits per heavy atom. The lowest BCUT2D eigenvalue weighted by Crippen LogP contribution is -2.39. The fraction of sp³-hybridized carbons (Fsp3) is 1.00. The van der Waals surface area contributed by atoms with Crippen molar-refractivity contribution in [3.05, 3.63) is 0 Å². The molecule has 1 aliphatic carbocycles. The molecule has 4 heteroatoms. The van der Waals surface area contributed by atoms with Gasteiger partial charge in [0.05, 0.1) is 19.3 Å². The highest BCUT2D eigenvalue weighted by Crippen LogP contribution is 2.47. The summed E-state index contributed by atoms with van der Waals surface area (Å²) in [4.78, 5) is 0. The molecule has 0 N–H and O–H groups in total. The summed E-state index contributed by atoms with van der Waals surface area (Å²) in [5.41, 5.74) is 0. The molecule has 1 rings (SSSR count). The van der Waals surface area contributed by atoms with E-state index in [9.17, 15) is 8.78 Å². The van der Waals surface area contributed by atoms with Crippen molar-refractivity contribution in [2.45, 2.75) is 51.6 Å². The molecule has 0 aromatic heterocycles. The molecule has 0 amide bonds. The van der Waals surface area contributed by atoms with Crippen LogP contribution in [0.3, 0.4) is 0 Å². The van der Waals surface area contributed by atoms with Crippen molar-refractivity contribution < 1.29 is 18.3 Å². The van der Waals surface area contributed by atoms with Crippen LogP contribution in [-0.2, 0) is 9.47 Å². The summed E-state index contributed by atoms with van der Waals surface area (Å²) in [6.45, 7) is 5.31. The molecule has 0 bridgehead atoms. The maximum Gasteiger partial charge on any atom is 0.248 e. The standard InChI is InChI=1S/C13H24F2O2/c1-10(12-8-13(14,15)9-12)4-5-11(2)17-7-6-16-3/h10-12H,4-9H2,1-3H3. The highest BCUT2D eigenvalue weighted by atomic mass is 19.3. The third kappa shape index (κ3) is 5.30. The summed E-state index contributed by atoms with van der Waals surface area (Å²) in [5, 5.41) is 0. The fourth-order valence-electron chi connectivity index (χ4n) is 2.26. The third-order valence-electron chi connectivity index (χ3n) is 3.64. The zero-order chi connectivity index (χ0) is 12.9. The summed E-state index contributed by atoms with van der Waals surface area (Å²) in [6, 6.07) is 0. The molecular formula is C13H24F2O2. The Morgan fingerprint density at radius 2 is 1.82 bits per heavy atom. The van der Waals surface area contributed by atoms with Crippen LogP contribution in [0.25, 0.3) is 0 Å². The predicted octanol–water partition coefficient (Wildman–Crippen LogP) is 3.50. The van der Waals surface area contributed by atoms with Gasteiger partial charge in [-0.05, 0) is 31.6 Å². The van der Waals surface area contributed by atoms with Crippen LogP contribution in [0.1, 0.15) is 39.5 Å². The summed E-state index contributed by atoms with van der Waals surface area (Å²) in [5.74, 6) is -1.81. The molecule has 0 aromatic carbocycles. The van der Waals surface area contributed by atoms with E-state index < -0.39 is 5.92 Å². The Morgan fingerprint density at radius 3 is 2.35 bits per heavy atom. The first-order valence-electron chi connectivity index (χ1n) is 6.43. The zero-order valence-corrected chi connectivity index (χ0v) is 11.0. The van der Waals surface area contributed by atoms with Crippen molar-refractivity contribution in [1.29, 1.82) is 0 Å². The molecule has 2 unspecified atom stereocenters. The first-order valence-corrected chi connectivity index (χ1v) is 6.43. The smallest absolute Gasteiger partial charge is 0.248 e. The Kier molecular flexibility index (Phi) is 5.80. The molecule has 0 saturated heterocycles. The van der Waals surface area contributed by atoms with Crippen LogP contribution < -0.4 is 0 Å². The van der Waals surface area contributed by atoms with Gasteiger partial charge in [-0.1, -0.05) is 6.92 Å². The van der Waals surface area contributed by atoms with Gasteiger partial charge in [-0.3, -0.25) is 0 Å². The minimum absolute atomic E-state index is 0.0765. The summed E-state index contributed by atoms with van der Waals surface area (Å²) < 4.78 is 35.9. The zero-order valence-electron chi connectivity index (χ0n) is 11.0. The van der Waals surface area contributed by atoms with E-state index >= 15 is 0 Å². The lowest BCUT2D eigenvalue weighted by molar-refractivity contribution is -0.125. The van der Waals surface area contributed by atoms with Gasteiger partial charge in [0.15, 0.2) is 0 Å². The average Bonchev–Trinajstić information content (AvgIpc) is 2.23. The van der Waals surface area contributed by atoms with Crippen molar-refractivity contribution in [2.75, 3.05) is 20.3 Å². The molecular weight excluding hydrogens is 226 g/mol. The van der Waals surface area contributed by atoms with Crippen LogP contribution in [0.2, 0.25) is 0 Å². The van der Waals surface area contributed by atoms with E-state index in [0.29, 0.717) is 19.1 Å². The second-order valence-corrected chi connectivity index (χ2v) is 5.25. The Bertz CT molecular complexity index is 213. The lowest BCUT2D eigenvalue weighted by Gasteiger charge is -2.39. The molecule has 0 aromatic rings. The molecule has 0 heterocycles. The second kappa shape index (κ2) is 6.64. The quantitative estimate of drug-likeness (QED) is 0.614. The average molecular weight is 250 g/mol. The number of hydrogen-bond donors (Lipinski definition) is 0. The molecule has 2 nitrogen and oxygen atoms in total. The van der Waals surface area contributed by atoms with Crippen LogP contribution in [0, 0.1) is 11.8 Å². The summed E-state index contributed by atoms with van der Waals surface area (Å²) >= 11 is 0. The molecule has 1 fully saturated rings. The molecule has 2 atom stereocenters. The molecule has 17 heavy (non-hydrogen) atoms. The minimum Gasteiger partial charge on any atom is -0.382 e. The maximum atomic E-state index is 12.7. The third-order valence-corrected chi connectivity index (χ3v) is 3.64. The Hall–Kier alpha value is -0.220. The number of rotatable bonds is 8. The van der Waals surface area contributed by atoms with E-state index in [1.807, 2.05) is 6.92 Å². The molecule has 102 valence electrons. The molecule has 0 radical (unpaired) electrons. The number of halogens is 2. The van der Waals surface area contributed by atoms with Crippen LogP contribution >= 0.6 is 0 Å². The maximum absolute atomic E-state index is 12.7. The normalized spacial score (nSPS) is 23.1. The highest BCUT2D eigenvalue weighted by Gasteiger charge is 2.46. The van der Waals surface area contributed by atoms with Crippen molar-refractivity contribution in [3.63, 3.8) is 0 Å². The summed E-state index contributed by atoms with van der Waals surface area (Å²) in [6.07, 6.45) is 2.25. The van der Waals surface area contributed by atoms with Gasteiger partial charge in [0.1, 0.15) is 0 Å². The van der Waals surface area contributed by atoms with Gasteiger partial charge in [0.25, 0.3) is 0 Å². The van der Waals surface area contributed by atoms with E-state index in [1.165, 1.54) is 0 Å². The molecule has 0 spiro atoms. The number of alkyl halides is 2. The SMILES string of the molecule is COCCOC(C)CCC(C)C1CC(F)(F)C1. The Labute approximate surface area is 103 Å². The molecule has 1 saturated carbocycles. The minimum atomic E-state index is -2.39. The van der Waals surface area contributed by atoms with E-state index in [1.54, 1.807) is 7.11 Å². The first-order chi connectivity index (χ1) is 7.94. The summed E-state index contributed by atoms with van der Waals surface area (Å²) in [7, 11) is 1.65. The first kappa shape index (κ1) is 14.8. The van der Waals surface area contributed by atoms with E-state index in [0.717, 1.165) is 12.8 Å². The van der Waals surface area contributed by atoms with Crippen molar-refractivity contribution in [3.8, 4) is 0 Å². The number of ether oxygens (including phenoxy) is 2. The van der Waals surface area contributed by atoms with Crippen LogP contribution in [0.15, 0.2) is 0 Å². The van der Waals surface area contributed by atoms with Gasteiger partial charge in [-0.2, -0.15) is 0 Å². The van der Waals surface area contributed by atoms with Crippen LogP contribution in [0.5, 0.6) is 0 Å². The van der Waals surface area contributed by atoms with Crippen LogP contribution in [0.4, 0.5) is 8.78 Å². The van der Waals surface area contributed by atoms with E-state index in [2.05, 4.69) is 6.92 Å². The van der Waals surface area contributed by atoms with Gasteiger partial charge < -0.3 is 9.47 Å². The highest BCUT2D eigenvalue weighted by molar-refractivity contribution is 4.88. The van der Waals surface area contributed by atoms with Gasteiger partial charge in [0, 0.05) is 20.0 Å². The van der Waals surface area contributed by atoms with E-state index in [-0.39, 0.29) is 24.9 Å². The van der Waals surface area contributed by atoms with Crippen molar-refractivity contribution >= 4 is 0 Å². The van der Waals surface area contributed by atoms with Crippen molar-refractivity contribution in [1.82, 2.24) is 0 Å². The largest absolute Gasteiger partial charge is 0.382 e. The predicted molar refractivity (Wildman–Crippen MR) is 63.4 cm³/mol. The Balaban J connectivity index is 2.05. The number of methoxy groups -OCH3 is 1.